The van der Waals surface area contributed by atoms with E-state index in [4.69, 9.17) is 0 Å². The van der Waals surface area contributed by atoms with Crippen molar-refractivity contribution in [1.82, 2.24) is 5.32 Å². The standard InChI is InChI=1S/C19H24N2O3S/c1-5-17(15-11-10-13(2)12-14(15)3)20-19(22)16-8-6-7-9-18(16)21-25(4,23)24/h6-12,17,21H,5H2,1-4H3,(H,20,22). The van der Waals surface area contributed by atoms with Crippen molar-refractivity contribution < 1.29 is 13.2 Å². The highest BCUT2D eigenvalue weighted by molar-refractivity contribution is 7.92. The van der Waals surface area contributed by atoms with Gasteiger partial charge in [0.1, 0.15) is 0 Å². The quantitative estimate of drug-likeness (QED) is 0.827. The van der Waals surface area contributed by atoms with Crippen molar-refractivity contribution in [1.29, 1.82) is 0 Å². The first kappa shape index (κ1) is 19.0. The van der Waals surface area contributed by atoms with Crippen molar-refractivity contribution in [3.63, 3.8) is 0 Å². The normalized spacial score (nSPS) is 12.5. The van der Waals surface area contributed by atoms with Gasteiger partial charge < -0.3 is 5.32 Å². The number of benzene rings is 2. The van der Waals surface area contributed by atoms with Crippen molar-refractivity contribution in [2.75, 3.05) is 11.0 Å². The molecule has 0 bridgehead atoms. The van der Waals surface area contributed by atoms with Gasteiger partial charge in [0.15, 0.2) is 0 Å². The summed E-state index contributed by atoms with van der Waals surface area (Å²) in [4.78, 5) is 12.7. The molecule has 0 saturated carbocycles. The fourth-order valence-electron chi connectivity index (χ4n) is 2.82. The Balaban J connectivity index is 2.29. The fourth-order valence-corrected chi connectivity index (χ4v) is 3.40. The highest BCUT2D eigenvalue weighted by Crippen LogP contribution is 2.23. The maximum absolute atomic E-state index is 12.7. The molecule has 6 heteroatoms. The van der Waals surface area contributed by atoms with Gasteiger partial charge in [-0.2, -0.15) is 0 Å². The highest BCUT2D eigenvalue weighted by atomic mass is 32.2. The van der Waals surface area contributed by atoms with E-state index in [0.29, 0.717) is 5.56 Å². The molecule has 0 aliphatic carbocycles. The van der Waals surface area contributed by atoms with Gasteiger partial charge in [0.05, 0.1) is 23.5 Å². The van der Waals surface area contributed by atoms with Crippen LogP contribution >= 0.6 is 0 Å². The third kappa shape index (κ3) is 5.06. The summed E-state index contributed by atoms with van der Waals surface area (Å²) in [6.07, 6.45) is 1.80. The summed E-state index contributed by atoms with van der Waals surface area (Å²) in [5.74, 6) is -0.307. The van der Waals surface area contributed by atoms with E-state index in [1.54, 1.807) is 24.3 Å². The van der Waals surface area contributed by atoms with Gasteiger partial charge in [0.25, 0.3) is 5.91 Å². The lowest BCUT2D eigenvalue weighted by atomic mass is 9.97. The average molecular weight is 360 g/mol. The Labute approximate surface area is 149 Å². The molecule has 5 nitrogen and oxygen atoms in total. The molecule has 0 fully saturated rings. The second-order valence-electron chi connectivity index (χ2n) is 6.21. The first-order valence-electron chi connectivity index (χ1n) is 8.16. The third-order valence-corrected chi connectivity index (χ3v) is 4.57. The zero-order chi connectivity index (χ0) is 18.6. The molecule has 0 spiro atoms. The smallest absolute Gasteiger partial charge is 0.253 e. The van der Waals surface area contributed by atoms with Gasteiger partial charge in [0.2, 0.25) is 10.0 Å². The average Bonchev–Trinajstić information content (AvgIpc) is 2.52. The topological polar surface area (TPSA) is 75.3 Å². The summed E-state index contributed by atoms with van der Waals surface area (Å²) in [6, 6.07) is 12.6. The lowest BCUT2D eigenvalue weighted by Crippen LogP contribution is -2.29. The van der Waals surface area contributed by atoms with Crippen molar-refractivity contribution in [3.05, 3.63) is 64.7 Å². The van der Waals surface area contributed by atoms with E-state index >= 15 is 0 Å². The van der Waals surface area contributed by atoms with E-state index in [-0.39, 0.29) is 17.6 Å². The molecular weight excluding hydrogens is 336 g/mol. The molecule has 2 rings (SSSR count). The maximum Gasteiger partial charge on any atom is 0.253 e. The molecule has 1 unspecified atom stereocenters. The largest absolute Gasteiger partial charge is 0.345 e. The van der Waals surface area contributed by atoms with Crippen LogP contribution in [0.2, 0.25) is 0 Å². The van der Waals surface area contributed by atoms with Crippen LogP contribution in [-0.2, 0) is 10.0 Å². The van der Waals surface area contributed by atoms with Gasteiger partial charge in [-0.15, -0.1) is 0 Å². The molecule has 1 atom stereocenters. The van der Waals surface area contributed by atoms with Crippen LogP contribution in [0.1, 0.15) is 46.4 Å². The molecule has 2 N–H and O–H groups in total. The minimum absolute atomic E-state index is 0.139. The number of nitrogens with one attached hydrogen (secondary N) is 2. The van der Waals surface area contributed by atoms with Gasteiger partial charge in [-0.1, -0.05) is 42.8 Å². The van der Waals surface area contributed by atoms with Crippen molar-refractivity contribution >= 4 is 21.6 Å². The van der Waals surface area contributed by atoms with Crippen LogP contribution in [0.4, 0.5) is 5.69 Å². The van der Waals surface area contributed by atoms with Gasteiger partial charge >= 0.3 is 0 Å². The van der Waals surface area contributed by atoms with Crippen LogP contribution in [0.25, 0.3) is 0 Å². The number of para-hydroxylation sites is 1. The van der Waals surface area contributed by atoms with Crippen molar-refractivity contribution in [3.8, 4) is 0 Å². The number of hydrogen-bond donors (Lipinski definition) is 2. The van der Waals surface area contributed by atoms with Gasteiger partial charge in [-0.05, 0) is 43.5 Å². The number of sulfonamides is 1. The lowest BCUT2D eigenvalue weighted by Gasteiger charge is -2.21. The number of hydrogen-bond acceptors (Lipinski definition) is 3. The van der Waals surface area contributed by atoms with Gasteiger partial charge in [0, 0.05) is 0 Å². The Hall–Kier alpha value is -2.34. The van der Waals surface area contributed by atoms with E-state index < -0.39 is 10.0 Å². The molecule has 0 saturated heterocycles. The number of rotatable bonds is 6. The highest BCUT2D eigenvalue weighted by Gasteiger charge is 2.19. The summed E-state index contributed by atoms with van der Waals surface area (Å²) >= 11 is 0. The first-order valence-corrected chi connectivity index (χ1v) is 10.0. The second-order valence-corrected chi connectivity index (χ2v) is 7.96. The molecule has 0 aromatic heterocycles. The molecular formula is C19H24N2O3S. The Bertz CT molecular complexity index is 876. The Morgan fingerprint density at radius 2 is 1.80 bits per heavy atom. The van der Waals surface area contributed by atoms with E-state index in [9.17, 15) is 13.2 Å². The third-order valence-electron chi connectivity index (χ3n) is 3.98. The Kier molecular flexibility index (Phi) is 5.85. The molecule has 0 heterocycles. The molecule has 0 aliphatic rings. The Morgan fingerprint density at radius 1 is 1.12 bits per heavy atom. The van der Waals surface area contributed by atoms with E-state index in [1.165, 1.54) is 5.56 Å². The molecule has 2 aromatic carbocycles. The van der Waals surface area contributed by atoms with Crippen LogP contribution < -0.4 is 10.0 Å². The molecule has 0 aliphatic heterocycles. The fraction of sp³-hybridized carbons (Fsp3) is 0.316. The summed E-state index contributed by atoms with van der Waals surface area (Å²) in [7, 11) is -3.46. The van der Waals surface area contributed by atoms with Crippen LogP contribution in [0, 0.1) is 13.8 Å². The van der Waals surface area contributed by atoms with E-state index in [0.717, 1.165) is 23.8 Å². The van der Waals surface area contributed by atoms with E-state index in [1.807, 2.05) is 32.9 Å². The summed E-state index contributed by atoms with van der Waals surface area (Å²) in [5.41, 5.74) is 3.93. The number of amides is 1. The second kappa shape index (κ2) is 7.70. The van der Waals surface area contributed by atoms with Gasteiger partial charge in [-0.25, -0.2) is 8.42 Å². The SMILES string of the molecule is CCC(NC(=O)c1ccccc1NS(C)(=O)=O)c1ccc(C)cc1C. The summed E-state index contributed by atoms with van der Waals surface area (Å²) in [6.45, 7) is 6.06. The predicted octanol–water partition coefficient (Wildman–Crippen LogP) is 3.56. The van der Waals surface area contributed by atoms with Crippen LogP contribution in [0.15, 0.2) is 42.5 Å². The number of carbonyl (C=O) groups excluding carboxylic acids is 1. The number of carbonyl (C=O) groups is 1. The first-order chi connectivity index (χ1) is 11.7. The van der Waals surface area contributed by atoms with Crippen LogP contribution in [-0.4, -0.2) is 20.6 Å². The molecule has 2 aromatic rings. The monoisotopic (exact) mass is 360 g/mol. The lowest BCUT2D eigenvalue weighted by molar-refractivity contribution is 0.0936. The van der Waals surface area contributed by atoms with Crippen molar-refractivity contribution in [2.24, 2.45) is 0 Å². The van der Waals surface area contributed by atoms with E-state index in [2.05, 4.69) is 16.1 Å². The van der Waals surface area contributed by atoms with Crippen LogP contribution in [0.5, 0.6) is 0 Å². The maximum atomic E-state index is 12.7. The predicted molar refractivity (Wildman–Crippen MR) is 101 cm³/mol. The minimum atomic E-state index is -3.46. The number of aryl methyl sites for hydroxylation is 2. The molecule has 1 amide bonds. The molecule has 25 heavy (non-hydrogen) atoms. The van der Waals surface area contributed by atoms with Gasteiger partial charge in [-0.3, -0.25) is 9.52 Å². The summed E-state index contributed by atoms with van der Waals surface area (Å²) < 4.78 is 25.4. The number of anilines is 1. The summed E-state index contributed by atoms with van der Waals surface area (Å²) in [5, 5.41) is 3.01. The molecule has 134 valence electrons. The molecule has 0 radical (unpaired) electrons. The zero-order valence-corrected chi connectivity index (χ0v) is 15.8. The Morgan fingerprint density at radius 3 is 2.40 bits per heavy atom. The minimum Gasteiger partial charge on any atom is -0.345 e. The van der Waals surface area contributed by atoms with Crippen molar-refractivity contribution in [2.45, 2.75) is 33.2 Å². The zero-order valence-electron chi connectivity index (χ0n) is 15.0. The van der Waals surface area contributed by atoms with Crippen LogP contribution in [0.3, 0.4) is 0 Å².